The lowest BCUT2D eigenvalue weighted by atomic mass is 10.2. The second-order valence-electron chi connectivity index (χ2n) is 7.46. The SMILES string of the molecule is COc1ccc(CN(CCN(C)C)CC(O)COC(C)(C)C)cc1. The van der Waals surface area contributed by atoms with Gasteiger partial charge in [-0.2, -0.15) is 0 Å². The molecule has 5 heteroatoms. The first-order valence-electron chi connectivity index (χ1n) is 8.51. The van der Waals surface area contributed by atoms with Crippen LogP contribution in [0.25, 0.3) is 0 Å². The minimum Gasteiger partial charge on any atom is -0.497 e. The van der Waals surface area contributed by atoms with Crippen molar-refractivity contribution in [2.75, 3.05) is 47.4 Å². The van der Waals surface area contributed by atoms with Gasteiger partial charge in [0.25, 0.3) is 0 Å². The zero-order chi connectivity index (χ0) is 18.2. The fraction of sp³-hybridized carbons (Fsp3) is 0.684. The number of methoxy groups -OCH3 is 1. The molecule has 1 aromatic rings. The van der Waals surface area contributed by atoms with E-state index in [1.165, 1.54) is 5.56 Å². The maximum absolute atomic E-state index is 10.3. The lowest BCUT2D eigenvalue weighted by molar-refractivity contribution is -0.0568. The predicted octanol–water partition coefficient (Wildman–Crippen LogP) is 2.23. The summed E-state index contributed by atoms with van der Waals surface area (Å²) in [6.45, 7) is 9.59. The van der Waals surface area contributed by atoms with Gasteiger partial charge in [0.05, 0.1) is 25.4 Å². The van der Waals surface area contributed by atoms with E-state index in [2.05, 4.69) is 36.0 Å². The van der Waals surface area contributed by atoms with Gasteiger partial charge in [-0.25, -0.2) is 0 Å². The van der Waals surface area contributed by atoms with Gasteiger partial charge in [0, 0.05) is 26.2 Å². The van der Waals surface area contributed by atoms with Crippen LogP contribution in [0.5, 0.6) is 5.75 Å². The fourth-order valence-corrected chi connectivity index (χ4v) is 2.26. The van der Waals surface area contributed by atoms with E-state index in [0.29, 0.717) is 13.2 Å². The molecular weight excluding hydrogens is 304 g/mol. The summed E-state index contributed by atoms with van der Waals surface area (Å²) in [7, 11) is 5.79. The van der Waals surface area contributed by atoms with Gasteiger partial charge >= 0.3 is 0 Å². The number of rotatable bonds is 10. The Balaban J connectivity index is 2.61. The Morgan fingerprint density at radius 2 is 1.71 bits per heavy atom. The van der Waals surface area contributed by atoms with Crippen molar-refractivity contribution >= 4 is 0 Å². The number of likely N-dealkylation sites (N-methyl/N-ethyl adjacent to an activating group) is 1. The predicted molar refractivity (Wildman–Crippen MR) is 98.5 cm³/mol. The molecule has 0 bridgehead atoms. The molecule has 1 N–H and O–H groups in total. The van der Waals surface area contributed by atoms with E-state index in [4.69, 9.17) is 9.47 Å². The Hall–Kier alpha value is -1.14. The van der Waals surface area contributed by atoms with Gasteiger partial charge in [0.2, 0.25) is 0 Å². The number of hydrogen-bond donors (Lipinski definition) is 1. The van der Waals surface area contributed by atoms with Gasteiger partial charge in [0.1, 0.15) is 5.75 Å². The molecule has 0 amide bonds. The molecule has 24 heavy (non-hydrogen) atoms. The molecule has 0 spiro atoms. The van der Waals surface area contributed by atoms with E-state index in [0.717, 1.165) is 25.4 Å². The van der Waals surface area contributed by atoms with E-state index in [9.17, 15) is 5.11 Å². The van der Waals surface area contributed by atoms with E-state index in [1.807, 2.05) is 32.9 Å². The molecule has 0 aromatic heterocycles. The van der Waals surface area contributed by atoms with Crippen molar-refractivity contribution in [3.05, 3.63) is 29.8 Å². The average molecular weight is 338 g/mol. The first-order valence-corrected chi connectivity index (χ1v) is 8.51. The number of aliphatic hydroxyl groups is 1. The fourth-order valence-electron chi connectivity index (χ4n) is 2.26. The quantitative estimate of drug-likeness (QED) is 0.709. The van der Waals surface area contributed by atoms with Crippen molar-refractivity contribution in [2.45, 2.75) is 39.0 Å². The summed E-state index contributed by atoms with van der Waals surface area (Å²) < 4.78 is 10.9. The summed E-state index contributed by atoms with van der Waals surface area (Å²) in [6.07, 6.45) is -0.496. The van der Waals surface area contributed by atoms with Crippen LogP contribution in [0.1, 0.15) is 26.3 Å². The molecule has 1 rings (SSSR count). The largest absolute Gasteiger partial charge is 0.497 e. The first-order chi connectivity index (χ1) is 11.2. The van der Waals surface area contributed by atoms with Gasteiger partial charge in [-0.1, -0.05) is 12.1 Å². The van der Waals surface area contributed by atoms with Gasteiger partial charge in [-0.3, -0.25) is 4.90 Å². The molecule has 0 radical (unpaired) electrons. The lowest BCUT2D eigenvalue weighted by Crippen LogP contribution is -2.39. The van der Waals surface area contributed by atoms with E-state index in [1.54, 1.807) is 7.11 Å². The van der Waals surface area contributed by atoms with Crippen LogP contribution in [0.3, 0.4) is 0 Å². The zero-order valence-electron chi connectivity index (χ0n) is 16.1. The van der Waals surface area contributed by atoms with Crippen LogP contribution >= 0.6 is 0 Å². The number of aliphatic hydroxyl groups excluding tert-OH is 1. The van der Waals surface area contributed by atoms with Crippen LogP contribution in [0.4, 0.5) is 0 Å². The second kappa shape index (κ2) is 9.99. The third-order valence-electron chi connectivity index (χ3n) is 3.61. The number of ether oxygens (including phenoxy) is 2. The number of benzene rings is 1. The normalized spacial score (nSPS) is 13.5. The van der Waals surface area contributed by atoms with Gasteiger partial charge in [0.15, 0.2) is 0 Å². The molecule has 0 aliphatic heterocycles. The molecular formula is C19H34N2O3. The molecule has 1 atom stereocenters. The monoisotopic (exact) mass is 338 g/mol. The number of hydrogen-bond acceptors (Lipinski definition) is 5. The Labute approximate surface area is 147 Å². The van der Waals surface area contributed by atoms with Crippen molar-refractivity contribution in [1.82, 2.24) is 9.80 Å². The molecule has 0 saturated carbocycles. The highest BCUT2D eigenvalue weighted by atomic mass is 16.5. The maximum atomic E-state index is 10.3. The maximum Gasteiger partial charge on any atom is 0.118 e. The van der Waals surface area contributed by atoms with Crippen molar-refractivity contribution in [1.29, 1.82) is 0 Å². The molecule has 5 nitrogen and oxygen atoms in total. The molecule has 1 aromatic carbocycles. The molecule has 1 unspecified atom stereocenters. The summed E-state index contributed by atoms with van der Waals surface area (Å²) in [6, 6.07) is 8.08. The smallest absolute Gasteiger partial charge is 0.118 e. The summed E-state index contributed by atoms with van der Waals surface area (Å²) in [4.78, 5) is 4.41. The lowest BCUT2D eigenvalue weighted by Gasteiger charge is -2.28. The van der Waals surface area contributed by atoms with E-state index in [-0.39, 0.29) is 5.60 Å². The Kier molecular flexibility index (Phi) is 8.70. The average Bonchev–Trinajstić information content (AvgIpc) is 2.50. The molecule has 0 aliphatic rings. The second-order valence-corrected chi connectivity index (χ2v) is 7.46. The van der Waals surface area contributed by atoms with Crippen molar-refractivity contribution in [3.63, 3.8) is 0 Å². The summed E-state index contributed by atoms with van der Waals surface area (Å²) in [5, 5.41) is 10.3. The van der Waals surface area contributed by atoms with E-state index < -0.39 is 6.10 Å². The van der Waals surface area contributed by atoms with Crippen molar-refractivity contribution < 1.29 is 14.6 Å². The highest BCUT2D eigenvalue weighted by Gasteiger charge is 2.17. The van der Waals surface area contributed by atoms with E-state index >= 15 is 0 Å². The van der Waals surface area contributed by atoms with Crippen LogP contribution < -0.4 is 4.74 Å². The molecule has 138 valence electrons. The van der Waals surface area contributed by atoms with Crippen molar-refractivity contribution in [3.8, 4) is 5.75 Å². The van der Waals surface area contributed by atoms with Crippen LogP contribution in [-0.4, -0.2) is 74.1 Å². The minimum atomic E-state index is -0.496. The van der Waals surface area contributed by atoms with Gasteiger partial charge in [-0.05, 0) is 52.6 Å². The van der Waals surface area contributed by atoms with Gasteiger partial charge < -0.3 is 19.5 Å². The van der Waals surface area contributed by atoms with Crippen molar-refractivity contribution in [2.24, 2.45) is 0 Å². The number of nitrogens with zero attached hydrogens (tertiary/aromatic N) is 2. The Bertz CT molecular complexity index is 455. The Morgan fingerprint density at radius 3 is 2.21 bits per heavy atom. The van der Waals surface area contributed by atoms with Crippen LogP contribution in [0.2, 0.25) is 0 Å². The van der Waals surface area contributed by atoms with Gasteiger partial charge in [-0.15, -0.1) is 0 Å². The minimum absolute atomic E-state index is 0.231. The topological polar surface area (TPSA) is 45.2 Å². The van der Waals surface area contributed by atoms with Crippen LogP contribution in [0.15, 0.2) is 24.3 Å². The third kappa shape index (κ3) is 9.23. The molecule has 0 saturated heterocycles. The highest BCUT2D eigenvalue weighted by molar-refractivity contribution is 5.27. The Morgan fingerprint density at radius 1 is 1.08 bits per heavy atom. The highest BCUT2D eigenvalue weighted by Crippen LogP contribution is 2.14. The van der Waals surface area contributed by atoms with Crippen LogP contribution in [0, 0.1) is 0 Å². The first kappa shape index (κ1) is 20.9. The standard InChI is InChI=1S/C19H34N2O3/c1-19(2,3)24-15-17(22)14-21(12-11-20(4)5)13-16-7-9-18(23-6)10-8-16/h7-10,17,22H,11-15H2,1-6H3. The molecule has 0 heterocycles. The molecule has 0 fully saturated rings. The summed E-state index contributed by atoms with van der Waals surface area (Å²) in [5.74, 6) is 0.859. The summed E-state index contributed by atoms with van der Waals surface area (Å²) >= 11 is 0. The molecule has 0 aliphatic carbocycles. The summed E-state index contributed by atoms with van der Waals surface area (Å²) in [5.41, 5.74) is 0.976. The third-order valence-corrected chi connectivity index (χ3v) is 3.61. The zero-order valence-corrected chi connectivity index (χ0v) is 16.1. The van der Waals surface area contributed by atoms with Crippen LogP contribution in [-0.2, 0) is 11.3 Å².